The molecule has 0 bridgehead atoms. The molecule has 3 heteroatoms. The number of nitrogens with zero attached hydrogens (tertiary/aromatic N) is 1. The van der Waals surface area contributed by atoms with Gasteiger partial charge in [-0.3, -0.25) is 4.90 Å². The van der Waals surface area contributed by atoms with E-state index < -0.39 is 0 Å². The Balaban J connectivity index is 3.88. The van der Waals surface area contributed by atoms with Crippen molar-refractivity contribution in [1.82, 2.24) is 4.90 Å². The molecule has 0 aliphatic rings. The molecular weight excluding hydrogens is 214 g/mol. The van der Waals surface area contributed by atoms with E-state index in [2.05, 4.69) is 39.3 Å². The number of hydrogen-bond donors (Lipinski definition) is 0. The van der Waals surface area contributed by atoms with Crippen molar-refractivity contribution >= 4 is 5.97 Å². The third-order valence-electron chi connectivity index (χ3n) is 3.26. The molecule has 3 nitrogen and oxygen atoms in total. The molecule has 100 valence electrons. The van der Waals surface area contributed by atoms with Gasteiger partial charge in [0.05, 0.1) is 0 Å². The van der Waals surface area contributed by atoms with Crippen LogP contribution in [-0.4, -0.2) is 36.6 Å². The quantitative estimate of drug-likeness (QED) is 0.353. The molecule has 17 heavy (non-hydrogen) atoms. The smallest absolute Gasteiger partial charge is 0.330 e. The average Bonchev–Trinajstić information content (AvgIpc) is 2.28. The van der Waals surface area contributed by atoms with E-state index in [4.69, 9.17) is 4.74 Å². The summed E-state index contributed by atoms with van der Waals surface area (Å²) in [7, 11) is 2.08. The van der Waals surface area contributed by atoms with Crippen molar-refractivity contribution in [2.45, 2.75) is 52.0 Å². The second-order valence-electron chi connectivity index (χ2n) is 5.06. The molecule has 0 saturated heterocycles. The van der Waals surface area contributed by atoms with Crippen LogP contribution in [0.5, 0.6) is 0 Å². The predicted molar refractivity (Wildman–Crippen MR) is 72.0 cm³/mol. The lowest BCUT2D eigenvalue weighted by atomic mass is 9.95. The van der Waals surface area contributed by atoms with E-state index in [0.29, 0.717) is 6.61 Å². The van der Waals surface area contributed by atoms with Crippen LogP contribution >= 0.6 is 0 Å². The minimum atomic E-state index is -0.345. The zero-order chi connectivity index (χ0) is 13.3. The monoisotopic (exact) mass is 241 g/mol. The summed E-state index contributed by atoms with van der Waals surface area (Å²) >= 11 is 0. The normalized spacial score (nSPS) is 11.6. The van der Waals surface area contributed by atoms with Gasteiger partial charge < -0.3 is 4.74 Å². The number of rotatable bonds is 9. The van der Waals surface area contributed by atoms with E-state index in [1.165, 1.54) is 31.8 Å². The van der Waals surface area contributed by atoms with Gasteiger partial charge in [-0.1, -0.05) is 32.8 Å². The van der Waals surface area contributed by atoms with Crippen LogP contribution in [-0.2, 0) is 9.53 Å². The van der Waals surface area contributed by atoms with Crippen molar-refractivity contribution in [2.75, 3.05) is 20.2 Å². The summed E-state index contributed by atoms with van der Waals surface area (Å²) in [6.45, 7) is 11.2. The maximum Gasteiger partial charge on any atom is 0.330 e. The summed E-state index contributed by atoms with van der Waals surface area (Å²) in [4.78, 5) is 13.1. The van der Waals surface area contributed by atoms with Gasteiger partial charge in [0.25, 0.3) is 0 Å². The number of carbonyl (C=O) groups is 1. The fraction of sp³-hybridized carbons (Fsp3) is 0.786. The van der Waals surface area contributed by atoms with E-state index in [1.807, 2.05) is 0 Å². The first-order chi connectivity index (χ1) is 7.94. The van der Waals surface area contributed by atoms with Crippen molar-refractivity contribution in [2.24, 2.45) is 0 Å². The van der Waals surface area contributed by atoms with Crippen LogP contribution in [0.4, 0.5) is 0 Å². The Hall–Kier alpha value is -0.830. The molecule has 0 amide bonds. The number of hydrogen-bond acceptors (Lipinski definition) is 3. The molecule has 0 aromatic rings. The van der Waals surface area contributed by atoms with Crippen LogP contribution in [0.3, 0.4) is 0 Å². The van der Waals surface area contributed by atoms with Crippen LogP contribution in [0.1, 0.15) is 46.5 Å². The van der Waals surface area contributed by atoms with Gasteiger partial charge in [0, 0.05) is 18.2 Å². The van der Waals surface area contributed by atoms with Gasteiger partial charge in [0.15, 0.2) is 0 Å². The highest BCUT2D eigenvalue weighted by atomic mass is 16.5. The summed E-state index contributed by atoms with van der Waals surface area (Å²) in [5, 5.41) is 0. The van der Waals surface area contributed by atoms with Crippen molar-refractivity contribution in [1.29, 1.82) is 0 Å². The summed E-state index contributed by atoms with van der Waals surface area (Å²) in [6, 6.07) is 0. The second-order valence-corrected chi connectivity index (χ2v) is 5.06. The second kappa shape index (κ2) is 8.29. The molecule has 0 aromatic carbocycles. The zero-order valence-electron chi connectivity index (χ0n) is 11.8. The molecule has 0 rings (SSSR count). The Morgan fingerprint density at radius 2 is 2.06 bits per heavy atom. The van der Waals surface area contributed by atoms with E-state index in [1.54, 1.807) is 0 Å². The summed E-state index contributed by atoms with van der Waals surface area (Å²) in [5.41, 5.74) is 0.162. The Morgan fingerprint density at radius 3 is 2.59 bits per heavy atom. The van der Waals surface area contributed by atoms with Crippen molar-refractivity contribution in [3.63, 3.8) is 0 Å². The van der Waals surface area contributed by atoms with E-state index in [0.717, 1.165) is 6.54 Å². The first-order valence-electron chi connectivity index (χ1n) is 6.44. The van der Waals surface area contributed by atoms with Gasteiger partial charge in [-0.2, -0.15) is 0 Å². The van der Waals surface area contributed by atoms with E-state index in [9.17, 15) is 4.79 Å². The van der Waals surface area contributed by atoms with Gasteiger partial charge in [-0.15, -0.1) is 0 Å². The fourth-order valence-electron chi connectivity index (χ4n) is 1.64. The molecule has 0 aliphatic heterocycles. The minimum Gasteiger partial charge on any atom is -0.461 e. The highest BCUT2D eigenvalue weighted by molar-refractivity contribution is 5.81. The Morgan fingerprint density at radius 1 is 1.41 bits per heavy atom. The molecular formula is C14H27NO2. The molecule has 0 aromatic heterocycles. The molecule has 0 spiro atoms. The molecule has 0 atom stereocenters. The van der Waals surface area contributed by atoms with Gasteiger partial charge in [0.1, 0.15) is 6.61 Å². The van der Waals surface area contributed by atoms with Crippen LogP contribution < -0.4 is 0 Å². The van der Waals surface area contributed by atoms with E-state index >= 15 is 0 Å². The number of esters is 1. The van der Waals surface area contributed by atoms with Gasteiger partial charge in [0.2, 0.25) is 0 Å². The van der Waals surface area contributed by atoms with Crippen molar-refractivity contribution < 1.29 is 9.53 Å². The molecule has 0 saturated carbocycles. The molecule has 0 N–H and O–H groups in total. The highest BCUT2D eigenvalue weighted by Gasteiger charge is 2.22. The van der Waals surface area contributed by atoms with Crippen molar-refractivity contribution in [3.05, 3.63) is 12.7 Å². The highest BCUT2D eigenvalue weighted by Crippen LogP contribution is 2.20. The summed E-state index contributed by atoms with van der Waals surface area (Å²) < 4.78 is 4.98. The maximum atomic E-state index is 10.9. The lowest BCUT2D eigenvalue weighted by molar-refractivity contribution is -0.138. The van der Waals surface area contributed by atoms with Gasteiger partial charge >= 0.3 is 5.97 Å². The third kappa shape index (κ3) is 7.16. The summed E-state index contributed by atoms with van der Waals surface area (Å²) in [6.07, 6.45) is 6.15. The van der Waals surface area contributed by atoms with Crippen LogP contribution in [0.15, 0.2) is 12.7 Å². The predicted octanol–water partition coefficient (Wildman–Crippen LogP) is 3.01. The number of likely N-dealkylation sites (N-methyl/N-ethyl adjacent to an activating group) is 1. The van der Waals surface area contributed by atoms with E-state index in [-0.39, 0.29) is 11.5 Å². The van der Waals surface area contributed by atoms with Crippen LogP contribution in [0.2, 0.25) is 0 Å². The molecule has 0 heterocycles. The zero-order valence-corrected chi connectivity index (χ0v) is 11.8. The lowest BCUT2D eigenvalue weighted by Crippen LogP contribution is -2.42. The minimum absolute atomic E-state index is 0.162. The number of unbranched alkanes of at least 4 members (excludes halogenated alkanes) is 2. The van der Waals surface area contributed by atoms with Gasteiger partial charge in [-0.25, -0.2) is 4.79 Å². The SMILES string of the molecule is C=CC(=O)OCCN(C)C(C)(C)CCCCC. The molecule has 0 fully saturated rings. The Kier molecular flexibility index (Phi) is 7.88. The Bertz CT molecular complexity index is 236. The average molecular weight is 241 g/mol. The van der Waals surface area contributed by atoms with Crippen LogP contribution in [0, 0.1) is 0 Å². The third-order valence-corrected chi connectivity index (χ3v) is 3.26. The Labute approximate surface area is 106 Å². The molecule has 0 aliphatic carbocycles. The van der Waals surface area contributed by atoms with Crippen LogP contribution in [0.25, 0.3) is 0 Å². The topological polar surface area (TPSA) is 29.5 Å². The molecule has 0 radical (unpaired) electrons. The fourth-order valence-corrected chi connectivity index (χ4v) is 1.64. The largest absolute Gasteiger partial charge is 0.461 e. The van der Waals surface area contributed by atoms with Gasteiger partial charge in [-0.05, 0) is 27.3 Å². The number of ether oxygens (including phenoxy) is 1. The number of carbonyl (C=O) groups excluding carboxylic acids is 1. The lowest BCUT2D eigenvalue weighted by Gasteiger charge is -2.35. The maximum absolute atomic E-state index is 10.9. The molecule has 0 unspecified atom stereocenters. The standard InChI is InChI=1S/C14H27NO2/c1-6-8-9-10-14(3,4)15(5)11-12-17-13(16)7-2/h7H,2,6,8-12H2,1,3-5H3. The van der Waals surface area contributed by atoms with Crippen molar-refractivity contribution in [3.8, 4) is 0 Å². The first kappa shape index (κ1) is 16.2. The summed E-state index contributed by atoms with van der Waals surface area (Å²) in [5.74, 6) is -0.345. The first-order valence-corrected chi connectivity index (χ1v) is 6.44.